The van der Waals surface area contributed by atoms with Crippen molar-refractivity contribution >= 4 is 33.7 Å². The summed E-state index contributed by atoms with van der Waals surface area (Å²) < 4.78 is 0. The average molecular weight is 301 g/mol. The topological polar surface area (TPSA) is 44.4 Å². The lowest BCUT2D eigenvalue weighted by Gasteiger charge is -2.37. The van der Waals surface area contributed by atoms with Crippen molar-refractivity contribution in [2.75, 3.05) is 22.6 Å². The maximum atomic E-state index is 13.1. The number of hydrogen-bond acceptors (Lipinski definition) is 3. The molecule has 3 aromatic carbocycles. The van der Waals surface area contributed by atoms with Crippen LogP contribution in [0.15, 0.2) is 60.7 Å². The summed E-state index contributed by atoms with van der Waals surface area (Å²) in [6.07, 6.45) is 0. The number of nitrogens with one attached hydrogen (secondary N) is 2. The van der Waals surface area contributed by atoms with E-state index >= 15 is 0 Å². The second kappa shape index (κ2) is 4.04. The Balaban J connectivity index is 1.80. The van der Waals surface area contributed by atoms with Gasteiger partial charge in [-0.3, -0.25) is 4.79 Å². The highest BCUT2D eigenvalue weighted by Gasteiger charge is 2.51. The Morgan fingerprint density at radius 2 is 1.52 bits per heavy atom. The van der Waals surface area contributed by atoms with Gasteiger partial charge in [0.25, 0.3) is 5.91 Å². The summed E-state index contributed by atoms with van der Waals surface area (Å²) >= 11 is 0. The van der Waals surface area contributed by atoms with Crippen molar-refractivity contribution < 1.29 is 4.79 Å². The van der Waals surface area contributed by atoms with Crippen LogP contribution >= 0.6 is 0 Å². The standard InChI is InChI=1S/C19H15N3O/c1-22-16-11-3-2-8-13(16)19(18(22)23)20-14-9-4-6-12-7-5-10-15(21-19)17(12)14/h2-11,20-21H,1H3. The van der Waals surface area contributed by atoms with Crippen molar-refractivity contribution in [1.29, 1.82) is 0 Å². The maximum Gasteiger partial charge on any atom is 0.278 e. The van der Waals surface area contributed by atoms with E-state index in [-0.39, 0.29) is 5.91 Å². The van der Waals surface area contributed by atoms with Crippen LogP contribution in [0.2, 0.25) is 0 Å². The van der Waals surface area contributed by atoms with E-state index in [9.17, 15) is 4.79 Å². The van der Waals surface area contributed by atoms with Gasteiger partial charge in [0, 0.05) is 29.4 Å². The van der Waals surface area contributed by atoms with Crippen molar-refractivity contribution in [3.8, 4) is 0 Å². The molecule has 2 aliphatic heterocycles. The Kier molecular flexibility index (Phi) is 2.20. The van der Waals surface area contributed by atoms with E-state index in [1.165, 1.54) is 0 Å². The van der Waals surface area contributed by atoms with E-state index in [1.807, 2.05) is 55.6 Å². The van der Waals surface area contributed by atoms with Crippen LogP contribution in [0.5, 0.6) is 0 Å². The van der Waals surface area contributed by atoms with E-state index in [0.29, 0.717) is 0 Å². The zero-order valence-corrected chi connectivity index (χ0v) is 12.6. The first-order chi connectivity index (χ1) is 11.2. The zero-order valence-electron chi connectivity index (χ0n) is 12.6. The largest absolute Gasteiger partial charge is 0.351 e. The highest BCUT2D eigenvalue weighted by molar-refractivity contribution is 6.15. The van der Waals surface area contributed by atoms with Gasteiger partial charge in [0.15, 0.2) is 0 Å². The molecule has 0 radical (unpaired) electrons. The SMILES string of the molecule is CN1C(=O)C2(Nc3cccc4cccc(c34)N2)c2ccccc21. The molecular formula is C19H15N3O. The van der Waals surface area contributed by atoms with E-state index in [1.54, 1.807) is 4.90 Å². The van der Waals surface area contributed by atoms with Gasteiger partial charge in [-0.05, 0) is 23.6 Å². The molecule has 0 fully saturated rings. The van der Waals surface area contributed by atoms with Crippen molar-refractivity contribution in [3.63, 3.8) is 0 Å². The lowest BCUT2D eigenvalue weighted by molar-refractivity contribution is -0.121. The predicted octanol–water partition coefficient (Wildman–Crippen LogP) is 3.51. The third-order valence-electron chi connectivity index (χ3n) is 4.84. The molecule has 0 atom stereocenters. The van der Waals surface area contributed by atoms with Crippen LogP contribution in [0.3, 0.4) is 0 Å². The molecule has 0 saturated heterocycles. The third kappa shape index (κ3) is 1.43. The number of anilines is 3. The molecule has 0 aliphatic carbocycles. The van der Waals surface area contributed by atoms with Gasteiger partial charge in [0.2, 0.25) is 5.66 Å². The monoisotopic (exact) mass is 301 g/mol. The third-order valence-corrected chi connectivity index (χ3v) is 4.84. The zero-order chi connectivity index (χ0) is 15.6. The lowest BCUT2D eigenvalue weighted by atomic mass is 9.94. The van der Waals surface area contributed by atoms with Gasteiger partial charge in [0.05, 0.1) is 5.69 Å². The summed E-state index contributed by atoms with van der Waals surface area (Å²) in [5.41, 5.74) is 2.92. The van der Waals surface area contributed by atoms with Gasteiger partial charge in [-0.15, -0.1) is 0 Å². The van der Waals surface area contributed by atoms with E-state index in [4.69, 9.17) is 0 Å². The first kappa shape index (κ1) is 12.5. The summed E-state index contributed by atoms with van der Waals surface area (Å²) in [6.45, 7) is 0. The molecule has 0 bridgehead atoms. The van der Waals surface area contributed by atoms with E-state index < -0.39 is 5.66 Å². The van der Waals surface area contributed by atoms with Crippen LogP contribution in [0.25, 0.3) is 10.8 Å². The second-order valence-corrected chi connectivity index (χ2v) is 6.09. The molecule has 23 heavy (non-hydrogen) atoms. The lowest BCUT2D eigenvalue weighted by Crippen LogP contribution is -2.52. The number of benzene rings is 3. The molecule has 2 heterocycles. The highest BCUT2D eigenvalue weighted by atomic mass is 16.2. The molecule has 112 valence electrons. The fourth-order valence-electron chi connectivity index (χ4n) is 3.79. The predicted molar refractivity (Wildman–Crippen MR) is 92.7 cm³/mol. The number of rotatable bonds is 0. The van der Waals surface area contributed by atoms with Crippen molar-refractivity contribution in [3.05, 3.63) is 66.2 Å². The van der Waals surface area contributed by atoms with E-state index in [2.05, 4.69) is 22.8 Å². The highest BCUT2D eigenvalue weighted by Crippen LogP contribution is 2.47. The summed E-state index contributed by atoms with van der Waals surface area (Å²) in [4.78, 5) is 14.8. The van der Waals surface area contributed by atoms with Crippen molar-refractivity contribution in [2.24, 2.45) is 0 Å². The van der Waals surface area contributed by atoms with Crippen LogP contribution in [0, 0.1) is 0 Å². The fraction of sp³-hybridized carbons (Fsp3) is 0.105. The number of hydrogen-bond donors (Lipinski definition) is 2. The van der Waals surface area contributed by atoms with Gasteiger partial charge in [-0.1, -0.05) is 42.5 Å². The van der Waals surface area contributed by atoms with Crippen LogP contribution in [-0.4, -0.2) is 13.0 Å². The molecule has 1 amide bonds. The minimum Gasteiger partial charge on any atom is -0.351 e. The molecule has 4 nitrogen and oxygen atoms in total. The summed E-state index contributed by atoms with van der Waals surface area (Å²) in [6, 6.07) is 20.2. The first-order valence-corrected chi connectivity index (χ1v) is 7.66. The Morgan fingerprint density at radius 3 is 2.22 bits per heavy atom. The first-order valence-electron chi connectivity index (χ1n) is 7.66. The summed E-state index contributed by atoms with van der Waals surface area (Å²) in [5.74, 6) is 0.00482. The molecule has 2 N–H and O–H groups in total. The van der Waals surface area contributed by atoms with Gasteiger partial charge < -0.3 is 15.5 Å². The smallest absolute Gasteiger partial charge is 0.278 e. The maximum absolute atomic E-state index is 13.1. The number of likely N-dealkylation sites (N-methyl/N-ethyl adjacent to an activating group) is 1. The molecular weight excluding hydrogens is 286 g/mol. The molecule has 4 heteroatoms. The minimum absolute atomic E-state index is 0.00482. The van der Waals surface area contributed by atoms with Crippen LogP contribution in [0.1, 0.15) is 5.56 Å². The molecule has 0 aromatic heterocycles. The molecule has 5 rings (SSSR count). The fourth-order valence-corrected chi connectivity index (χ4v) is 3.79. The Labute approximate surface area is 133 Å². The summed E-state index contributed by atoms with van der Waals surface area (Å²) in [7, 11) is 1.82. The molecule has 2 aliphatic rings. The molecule has 3 aromatic rings. The Morgan fingerprint density at radius 1 is 0.870 bits per heavy atom. The number of carbonyl (C=O) groups is 1. The van der Waals surface area contributed by atoms with Crippen LogP contribution in [-0.2, 0) is 10.5 Å². The van der Waals surface area contributed by atoms with Crippen LogP contribution < -0.4 is 15.5 Å². The molecule has 1 spiro atoms. The van der Waals surface area contributed by atoms with Gasteiger partial charge >= 0.3 is 0 Å². The normalized spacial score (nSPS) is 17.1. The minimum atomic E-state index is -0.937. The van der Waals surface area contributed by atoms with E-state index in [0.717, 1.165) is 33.4 Å². The van der Waals surface area contributed by atoms with Gasteiger partial charge in [-0.2, -0.15) is 0 Å². The number of carbonyl (C=O) groups excluding carboxylic acids is 1. The number of fused-ring (bicyclic) bond motifs is 2. The number of amides is 1. The molecule has 0 unspecified atom stereocenters. The van der Waals surface area contributed by atoms with Crippen LogP contribution in [0.4, 0.5) is 17.1 Å². The quantitative estimate of drug-likeness (QED) is 0.668. The molecule has 0 saturated carbocycles. The van der Waals surface area contributed by atoms with Crippen molar-refractivity contribution in [2.45, 2.75) is 5.66 Å². The number of para-hydroxylation sites is 1. The Bertz CT molecular complexity index is 939. The average Bonchev–Trinajstić information content (AvgIpc) is 2.78. The second-order valence-electron chi connectivity index (χ2n) is 6.09. The Hall–Kier alpha value is -3.01. The van der Waals surface area contributed by atoms with Crippen molar-refractivity contribution in [1.82, 2.24) is 0 Å². The summed E-state index contributed by atoms with van der Waals surface area (Å²) in [5, 5.41) is 9.22. The number of nitrogens with zero attached hydrogens (tertiary/aromatic N) is 1. The van der Waals surface area contributed by atoms with Gasteiger partial charge in [-0.25, -0.2) is 0 Å². The van der Waals surface area contributed by atoms with Gasteiger partial charge in [0.1, 0.15) is 0 Å².